The van der Waals surface area contributed by atoms with Crippen molar-refractivity contribution in [1.82, 2.24) is 4.98 Å². The fourth-order valence-corrected chi connectivity index (χ4v) is 2.53. The van der Waals surface area contributed by atoms with Gasteiger partial charge in [-0.15, -0.1) is 11.3 Å². The van der Waals surface area contributed by atoms with Crippen LogP contribution in [0.1, 0.15) is 24.3 Å². The highest BCUT2D eigenvalue weighted by Gasteiger charge is 2.09. The number of hydrogen-bond donors (Lipinski definition) is 1. The number of rotatable bonds is 3. The van der Waals surface area contributed by atoms with Gasteiger partial charge in [0, 0.05) is 10.4 Å². The molecule has 3 heteroatoms. The van der Waals surface area contributed by atoms with E-state index in [1.165, 1.54) is 16.0 Å². The fraction of sp³-hybridized carbons (Fsp3) is 0.308. The molecule has 1 aromatic carbocycles. The molecule has 0 fully saturated rings. The average Bonchev–Trinajstić information content (AvgIpc) is 2.70. The SMILES string of the molecule is CCc1ccc(-c2nc(N)sc2CC)cc1. The second-order valence-electron chi connectivity index (χ2n) is 3.73. The van der Waals surface area contributed by atoms with Crippen molar-refractivity contribution >= 4 is 16.5 Å². The van der Waals surface area contributed by atoms with E-state index in [0.29, 0.717) is 5.13 Å². The summed E-state index contributed by atoms with van der Waals surface area (Å²) in [6.07, 6.45) is 2.06. The number of nitrogen functional groups attached to an aromatic ring is 1. The van der Waals surface area contributed by atoms with Crippen LogP contribution in [0, 0.1) is 0 Å². The number of thiazole rings is 1. The lowest BCUT2D eigenvalue weighted by Gasteiger charge is -2.01. The van der Waals surface area contributed by atoms with Crippen LogP contribution in [-0.2, 0) is 12.8 Å². The minimum atomic E-state index is 0.659. The van der Waals surface area contributed by atoms with Gasteiger partial charge in [0.05, 0.1) is 5.69 Å². The number of hydrogen-bond acceptors (Lipinski definition) is 3. The zero-order chi connectivity index (χ0) is 11.5. The number of benzene rings is 1. The van der Waals surface area contributed by atoms with E-state index in [4.69, 9.17) is 5.73 Å². The van der Waals surface area contributed by atoms with Gasteiger partial charge in [-0.25, -0.2) is 4.98 Å². The Morgan fingerprint density at radius 1 is 1.12 bits per heavy atom. The van der Waals surface area contributed by atoms with Gasteiger partial charge in [0.2, 0.25) is 0 Å². The quantitative estimate of drug-likeness (QED) is 0.879. The molecular formula is C13H16N2S. The predicted octanol–water partition coefficient (Wildman–Crippen LogP) is 3.52. The molecule has 2 nitrogen and oxygen atoms in total. The van der Waals surface area contributed by atoms with Crippen molar-refractivity contribution in [2.45, 2.75) is 26.7 Å². The molecule has 0 unspecified atom stereocenters. The Bertz CT molecular complexity index is 471. The molecule has 0 aliphatic heterocycles. The topological polar surface area (TPSA) is 38.9 Å². The van der Waals surface area contributed by atoms with Crippen LogP contribution in [0.4, 0.5) is 5.13 Å². The largest absolute Gasteiger partial charge is 0.375 e. The number of aryl methyl sites for hydroxylation is 2. The van der Waals surface area contributed by atoms with Crippen LogP contribution in [0.2, 0.25) is 0 Å². The molecule has 0 saturated carbocycles. The van der Waals surface area contributed by atoms with E-state index in [1.54, 1.807) is 11.3 Å². The second kappa shape index (κ2) is 4.66. The molecule has 2 rings (SSSR count). The highest BCUT2D eigenvalue weighted by atomic mass is 32.1. The Kier molecular flexibility index (Phi) is 3.25. The smallest absolute Gasteiger partial charge is 0.180 e. The molecule has 0 bridgehead atoms. The molecular weight excluding hydrogens is 216 g/mol. The molecule has 1 aromatic heterocycles. The third-order valence-electron chi connectivity index (χ3n) is 2.67. The summed E-state index contributed by atoms with van der Waals surface area (Å²) in [6, 6.07) is 8.58. The van der Waals surface area contributed by atoms with E-state index in [0.717, 1.165) is 18.5 Å². The van der Waals surface area contributed by atoms with Gasteiger partial charge in [0.1, 0.15) is 0 Å². The third-order valence-corrected chi connectivity index (χ3v) is 3.70. The van der Waals surface area contributed by atoms with Gasteiger partial charge in [-0.3, -0.25) is 0 Å². The van der Waals surface area contributed by atoms with Crippen LogP contribution in [0.5, 0.6) is 0 Å². The first-order valence-electron chi connectivity index (χ1n) is 5.59. The maximum atomic E-state index is 5.76. The van der Waals surface area contributed by atoms with E-state index in [2.05, 4.69) is 43.1 Å². The Balaban J connectivity index is 2.41. The van der Waals surface area contributed by atoms with E-state index in [9.17, 15) is 0 Å². The van der Waals surface area contributed by atoms with Crippen molar-refractivity contribution in [1.29, 1.82) is 0 Å². The zero-order valence-electron chi connectivity index (χ0n) is 9.66. The predicted molar refractivity (Wildman–Crippen MR) is 70.7 cm³/mol. The minimum Gasteiger partial charge on any atom is -0.375 e. The maximum absolute atomic E-state index is 5.76. The molecule has 0 amide bonds. The van der Waals surface area contributed by atoms with E-state index >= 15 is 0 Å². The Labute approximate surface area is 100 Å². The summed E-state index contributed by atoms with van der Waals surface area (Å²) in [5.74, 6) is 0. The van der Waals surface area contributed by atoms with Crippen LogP contribution in [0.25, 0.3) is 11.3 Å². The molecule has 2 N–H and O–H groups in total. The van der Waals surface area contributed by atoms with Crippen molar-refractivity contribution in [2.24, 2.45) is 0 Å². The van der Waals surface area contributed by atoms with Crippen LogP contribution >= 0.6 is 11.3 Å². The van der Waals surface area contributed by atoms with Gasteiger partial charge < -0.3 is 5.73 Å². The lowest BCUT2D eigenvalue weighted by Crippen LogP contribution is -1.86. The van der Waals surface area contributed by atoms with Crippen molar-refractivity contribution in [3.05, 3.63) is 34.7 Å². The van der Waals surface area contributed by atoms with Crippen molar-refractivity contribution < 1.29 is 0 Å². The summed E-state index contributed by atoms with van der Waals surface area (Å²) in [5.41, 5.74) is 9.32. The Morgan fingerprint density at radius 3 is 2.38 bits per heavy atom. The Morgan fingerprint density at radius 2 is 1.81 bits per heavy atom. The highest BCUT2D eigenvalue weighted by Crippen LogP contribution is 2.30. The molecule has 2 aromatic rings. The molecule has 0 radical (unpaired) electrons. The summed E-state index contributed by atoms with van der Waals surface area (Å²) in [7, 11) is 0. The van der Waals surface area contributed by atoms with Crippen molar-refractivity contribution in [3.63, 3.8) is 0 Å². The molecule has 1 heterocycles. The number of nitrogens with two attached hydrogens (primary N) is 1. The molecule has 0 aliphatic carbocycles. The van der Waals surface area contributed by atoms with Gasteiger partial charge in [0.25, 0.3) is 0 Å². The second-order valence-corrected chi connectivity index (χ2v) is 4.84. The van der Waals surface area contributed by atoms with Gasteiger partial charge in [0.15, 0.2) is 5.13 Å². The summed E-state index contributed by atoms with van der Waals surface area (Å²) in [4.78, 5) is 5.67. The lowest BCUT2D eigenvalue weighted by molar-refractivity contribution is 1.14. The minimum absolute atomic E-state index is 0.659. The molecule has 0 spiro atoms. The van der Waals surface area contributed by atoms with Crippen LogP contribution in [-0.4, -0.2) is 4.98 Å². The summed E-state index contributed by atoms with van der Waals surface area (Å²) < 4.78 is 0. The van der Waals surface area contributed by atoms with E-state index in [1.807, 2.05) is 0 Å². The van der Waals surface area contributed by atoms with Crippen LogP contribution in [0.3, 0.4) is 0 Å². The standard InChI is InChI=1S/C13H16N2S/c1-3-9-5-7-10(8-6-9)12-11(4-2)16-13(14)15-12/h5-8H,3-4H2,1-2H3,(H2,14,15). The lowest BCUT2D eigenvalue weighted by atomic mass is 10.1. The first-order valence-corrected chi connectivity index (χ1v) is 6.40. The molecule has 0 saturated heterocycles. The van der Waals surface area contributed by atoms with Gasteiger partial charge in [-0.2, -0.15) is 0 Å². The third kappa shape index (κ3) is 2.09. The number of nitrogens with zero attached hydrogens (tertiary/aromatic N) is 1. The summed E-state index contributed by atoms with van der Waals surface area (Å²) in [6.45, 7) is 4.30. The van der Waals surface area contributed by atoms with Crippen LogP contribution < -0.4 is 5.73 Å². The zero-order valence-corrected chi connectivity index (χ0v) is 10.5. The van der Waals surface area contributed by atoms with Gasteiger partial charge >= 0.3 is 0 Å². The van der Waals surface area contributed by atoms with Crippen molar-refractivity contribution in [3.8, 4) is 11.3 Å². The van der Waals surface area contributed by atoms with E-state index < -0.39 is 0 Å². The molecule has 16 heavy (non-hydrogen) atoms. The summed E-state index contributed by atoms with van der Waals surface area (Å²) >= 11 is 1.59. The highest BCUT2D eigenvalue weighted by molar-refractivity contribution is 7.15. The summed E-state index contributed by atoms with van der Waals surface area (Å²) in [5, 5.41) is 0.659. The first-order chi connectivity index (χ1) is 7.74. The maximum Gasteiger partial charge on any atom is 0.180 e. The molecule has 0 aliphatic rings. The monoisotopic (exact) mass is 232 g/mol. The fourth-order valence-electron chi connectivity index (χ4n) is 1.73. The molecule has 0 atom stereocenters. The van der Waals surface area contributed by atoms with Gasteiger partial charge in [-0.1, -0.05) is 38.1 Å². The first kappa shape index (κ1) is 11.1. The van der Waals surface area contributed by atoms with Crippen molar-refractivity contribution in [2.75, 3.05) is 5.73 Å². The normalized spacial score (nSPS) is 10.6. The number of aromatic nitrogens is 1. The molecule has 84 valence electrons. The van der Waals surface area contributed by atoms with Gasteiger partial charge in [-0.05, 0) is 18.4 Å². The number of anilines is 1. The Hall–Kier alpha value is -1.35. The van der Waals surface area contributed by atoms with E-state index in [-0.39, 0.29) is 0 Å². The van der Waals surface area contributed by atoms with Crippen LogP contribution in [0.15, 0.2) is 24.3 Å². The average molecular weight is 232 g/mol.